The van der Waals surface area contributed by atoms with Crippen molar-refractivity contribution in [3.63, 3.8) is 0 Å². The Balaban J connectivity index is 1.20. The van der Waals surface area contributed by atoms with E-state index in [1.807, 2.05) is 6.07 Å². The molecule has 3 aromatic carbocycles. The number of hydrogen-bond donors (Lipinski definition) is 1. The third kappa shape index (κ3) is 3.42. The SMILES string of the molecule is CC(c1cccc2ccccc12)N1CC2C(C1)C2C(=O)NCc1cccc(F)c1. The van der Waals surface area contributed by atoms with Crippen molar-refractivity contribution in [1.82, 2.24) is 10.2 Å². The molecular formula is C25H25FN2O. The van der Waals surface area contributed by atoms with Crippen LogP contribution in [0, 0.1) is 23.6 Å². The van der Waals surface area contributed by atoms with Gasteiger partial charge in [-0.05, 0) is 52.8 Å². The highest BCUT2D eigenvalue weighted by molar-refractivity contribution is 5.86. The van der Waals surface area contributed by atoms with E-state index in [2.05, 4.69) is 59.6 Å². The summed E-state index contributed by atoms with van der Waals surface area (Å²) in [6.07, 6.45) is 0. The van der Waals surface area contributed by atoms with Gasteiger partial charge in [-0.15, -0.1) is 0 Å². The molecule has 1 saturated carbocycles. The Bertz CT molecular complexity index is 1050. The van der Waals surface area contributed by atoms with Crippen LogP contribution >= 0.6 is 0 Å². The van der Waals surface area contributed by atoms with Gasteiger partial charge < -0.3 is 5.32 Å². The molecule has 29 heavy (non-hydrogen) atoms. The Morgan fingerprint density at radius 1 is 1.07 bits per heavy atom. The number of benzene rings is 3. The molecule has 0 radical (unpaired) electrons. The van der Waals surface area contributed by atoms with E-state index < -0.39 is 0 Å². The number of piperidine rings is 1. The summed E-state index contributed by atoms with van der Waals surface area (Å²) in [6.45, 7) is 4.59. The van der Waals surface area contributed by atoms with Crippen molar-refractivity contribution in [3.05, 3.63) is 83.7 Å². The average Bonchev–Trinajstić information content (AvgIpc) is 3.24. The Morgan fingerprint density at radius 3 is 2.59 bits per heavy atom. The van der Waals surface area contributed by atoms with Crippen LogP contribution in [0.25, 0.3) is 10.8 Å². The average molecular weight is 388 g/mol. The number of rotatable bonds is 5. The highest BCUT2D eigenvalue weighted by Crippen LogP contribution is 2.53. The molecule has 1 aliphatic heterocycles. The van der Waals surface area contributed by atoms with Crippen LogP contribution in [0.5, 0.6) is 0 Å². The van der Waals surface area contributed by atoms with E-state index in [-0.39, 0.29) is 17.6 Å². The number of fused-ring (bicyclic) bond motifs is 2. The zero-order chi connectivity index (χ0) is 20.0. The van der Waals surface area contributed by atoms with Crippen LogP contribution in [0.1, 0.15) is 24.1 Å². The van der Waals surface area contributed by atoms with Crippen molar-refractivity contribution in [2.24, 2.45) is 17.8 Å². The van der Waals surface area contributed by atoms with Gasteiger partial charge in [-0.1, -0.05) is 54.6 Å². The minimum Gasteiger partial charge on any atom is -0.352 e. The molecule has 1 amide bonds. The van der Waals surface area contributed by atoms with E-state index in [9.17, 15) is 9.18 Å². The summed E-state index contributed by atoms with van der Waals surface area (Å²) in [4.78, 5) is 15.1. The van der Waals surface area contributed by atoms with E-state index in [0.717, 1.165) is 18.7 Å². The van der Waals surface area contributed by atoms with Gasteiger partial charge in [0.2, 0.25) is 5.91 Å². The van der Waals surface area contributed by atoms with Crippen LogP contribution in [0.3, 0.4) is 0 Å². The minimum absolute atomic E-state index is 0.111. The van der Waals surface area contributed by atoms with Gasteiger partial charge >= 0.3 is 0 Å². The van der Waals surface area contributed by atoms with Gasteiger partial charge in [-0.25, -0.2) is 4.39 Å². The standard InChI is InChI=1S/C25H25FN2O/c1-16(20-11-5-8-18-7-2-3-10-21(18)20)28-14-22-23(15-28)24(22)25(29)27-13-17-6-4-9-19(26)12-17/h2-12,16,22-24H,13-15H2,1H3,(H,27,29). The molecule has 3 atom stereocenters. The molecule has 3 nitrogen and oxygen atoms in total. The second-order valence-electron chi connectivity index (χ2n) is 8.40. The van der Waals surface area contributed by atoms with Crippen molar-refractivity contribution in [2.75, 3.05) is 13.1 Å². The molecule has 2 fully saturated rings. The number of carbonyl (C=O) groups is 1. The lowest BCUT2D eigenvalue weighted by atomic mass is 9.98. The first-order chi connectivity index (χ1) is 14.1. The second-order valence-corrected chi connectivity index (χ2v) is 8.40. The fourth-order valence-corrected chi connectivity index (χ4v) is 5.03. The molecule has 1 N–H and O–H groups in total. The zero-order valence-corrected chi connectivity index (χ0v) is 16.5. The lowest BCUT2D eigenvalue weighted by Crippen LogP contribution is -2.33. The normalized spacial score (nSPS) is 24.3. The highest BCUT2D eigenvalue weighted by atomic mass is 19.1. The molecule has 148 valence electrons. The Morgan fingerprint density at radius 2 is 1.79 bits per heavy atom. The molecule has 3 aromatic rings. The first kappa shape index (κ1) is 18.3. The summed E-state index contributed by atoms with van der Waals surface area (Å²) >= 11 is 0. The molecule has 1 heterocycles. The number of nitrogens with one attached hydrogen (secondary N) is 1. The fraction of sp³-hybridized carbons (Fsp3) is 0.320. The molecule has 1 aliphatic carbocycles. The number of carbonyl (C=O) groups excluding carboxylic acids is 1. The van der Waals surface area contributed by atoms with Crippen molar-refractivity contribution < 1.29 is 9.18 Å². The summed E-state index contributed by atoms with van der Waals surface area (Å²) in [7, 11) is 0. The van der Waals surface area contributed by atoms with Gasteiger partial charge in [0.25, 0.3) is 0 Å². The Labute approximate surface area is 170 Å². The smallest absolute Gasteiger partial charge is 0.224 e. The van der Waals surface area contributed by atoms with Crippen LogP contribution < -0.4 is 5.32 Å². The van der Waals surface area contributed by atoms with Gasteiger partial charge in [-0.2, -0.15) is 0 Å². The Kier molecular flexibility index (Phi) is 4.59. The maximum absolute atomic E-state index is 13.3. The molecule has 4 heteroatoms. The molecule has 0 spiro atoms. The monoisotopic (exact) mass is 388 g/mol. The zero-order valence-electron chi connectivity index (χ0n) is 16.5. The van der Waals surface area contributed by atoms with E-state index in [1.54, 1.807) is 6.07 Å². The topological polar surface area (TPSA) is 32.3 Å². The van der Waals surface area contributed by atoms with Crippen LogP contribution in [0.4, 0.5) is 4.39 Å². The maximum atomic E-state index is 13.3. The molecule has 2 aliphatic rings. The van der Waals surface area contributed by atoms with Crippen LogP contribution in [0.2, 0.25) is 0 Å². The molecular weight excluding hydrogens is 363 g/mol. The van der Waals surface area contributed by atoms with Gasteiger partial charge in [0, 0.05) is 31.6 Å². The van der Waals surface area contributed by atoms with Gasteiger partial charge in [0.1, 0.15) is 5.82 Å². The number of hydrogen-bond acceptors (Lipinski definition) is 2. The van der Waals surface area contributed by atoms with Crippen LogP contribution in [0.15, 0.2) is 66.7 Å². The van der Waals surface area contributed by atoms with E-state index in [0.29, 0.717) is 24.4 Å². The summed E-state index contributed by atoms with van der Waals surface area (Å²) in [6, 6.07) is 21.8. The first-order valence-corrected chi connectivity index (χ1v) is 10.4. The maximum Gasteiger partial charge on any atom is 0.224 e. The van der Waals surface area contributed by atoms with E-state index >= 15 is 0 Å². The lowest BCUT2D eigenvalue weighted by Gasteiger charge is -2.28. The molecule has 3 unspecified atom stereocenters. The molecule has 1 saturated heterocycles. The van der Waals surface area contributed by atoms with Crippen LogP contribution in [-0.2, 0) is 11.3 Å². The van der Waals surface area contributed by atoms with E-state index in [4.69, 9.17) is 0 Å². The molecule has 0 aromatic heterocycles. The predicted octanol–water partition coefficient (Wildman–Crippen LogP) is 4.53. The summed E-state index contributed by atoms with van der Waals surface area (Å²) in [5, 5.41) is 5.58. The van der Waals surface area contributed by atoms with Crippen molar-refractivity contribution in [3.8, 4) is 0 Å². The first-order valence-electron chi connectivity index (χ1n) is 10.4. The largest absolute Gasteiger partial charge is 0.352 e. The molecule has 0 bridgehead atoms. The third-order valence-corrected chi connectivity index (χ3v) is 6.70. The molecule has 5 rings (SSSR count). The van der Waals surface area contributed by atoms with Crippen molar-refractivity contribution in [1.29, 1.82) is 0 Å². The fourth-order valence-electron chi connectivity index (χ4n) is 5.03. The highest BCUT2D eigenvalue weighted by Gasteiger charge is 2.59. The van der Waals surface area contributed by atoms with E-state index in [1.165, 1.54) is 28.5 Å². The summed E-state index contributed by atoms with van der Waals surface area (Å²) in [5.41, 5.74) is 2.16. The minimum atomic E-state index is -0.266. The lowest BCUT2D eigenvalue weighted by molar-refractivity contribution is -0.123. The van der Waals surface area contributed by atoms with Gasteiger partial charge in [0.15, 0.2) is 0 Å². The van der Waals surface area contributed by atoms with Gasteiger partial charge in [0.05, 0.1) is 0 Å². The summed E-state index contributed by atoms with van der Waals surface area (Å²) < 4.78 is 13.3. The second kappa shape index (κ2) is 7.27. The van der Waals surface area contributed by atoms with Crippen molar-refractivity contribution in [2.45, 2.75) is 19.5 Å². The van der Waals surface area contributed by atoms with Gasteiger partial charge in [-0.3, -0.25) is 9.69 Å². The van der Waals surface area contributed by atoms with Crippen LogP contribution in [-0.4, -0.2) is 23.9 Å². The van der Waals surface area contributed by atoms with Crippen molar-refractivity contribution >= 4 is 16.7 Å². The number of amides is 1. The predicted molar refractivity (Wildman–Crippen MR) is 113 cm³/mol. The third-order valence-electron chi connectivity index (χ3n) is 6.70. The Hall–Kier alpha value is -2.72. The summed E-state index contributed by atoms with van der Waals surface area (Å²) in [5.74, 6) is 0.847. The number of halogens is 1. The quantitative estimate of drug-likeness (QED) is 0.696. The number of likely N-dealkylation sites (tertiary alicyclic amines) is 1. The number of nitrogens with zero attached hydrogens (tertiary/aromatic N) is 1.